The van der Waals surface area contributed by atoms with E-state index >= 15 is 0 Å². The van der Waals surface area contributed by atoms with Crippen LogP contribution in [0.5, 0.6) is 0 Å². The molecule has 1 unspecified atom stereocenters. The van der Waals surface area contributed by atoms with Crippen molar-refractivity contribution in [2.45, 2.75) is 45.8 Å². The average Bonchev–Trinajstić information content (AvgIpc) is 2.94. The predicted octanol–water partition coefficient (Wildman–Crippen LogP) is 3.03. The summed E-state index contributed by atoms with van der Waals surface area (Å²) in [6, 6.07) is 0. The molecule has 108 valence electrons. The molecule has 0 aromatic carbocycles. The normalized spacial score (nSPS) is 15.7. The van der Waals surface area contributed by atoms with E-state index in [1.807, 2.05) is 13.8 Å². The number of aryl methyl sites for hydroxylation is 2. The molecule has 0 bridgehead atoms. The fourth-order valence-electron chi connectivity index (χ4n) is 2.87. The Kier molecular flexibility index (Phi) is 3.79. The zero-order valence-electron chi connectivity index (χ0n) is 11.7. The Hall–Kier alpha value is -0.980. The van der Waals surface area contributed by atoms with Gasteiger partial charge in [0.15, 0.2) is 4.77 Å². The molecule has 6 heteroatoms. The third-order valence-electron chi connectivity index (χ3n) is 3.74. The first-order valence-electron chi connectivity index (χ1n) is 7.00. The molecule has 20 heavy (non-hydrogen) atoms. The first kappa shape index (κ1) is 14.0. The van der Waals surface area contributed by atoms with E-state index in [-0.39, 0.29) is 11.7 Å². The third kappa shape index (κ3) is 2.25. The Morgan fingerprint density at radius 1 is 1.50 bits per heavy atom. The lowest BCUT2D eigenvalue weighted by Gasteiger charge is -2.13. The van der Waals surface area contributed by atoms with E-state index in [9.17, 15) is 4.79 Å². The highest BCUT2D eigenvalue weighted by molar-refractivity contribution is 7.71. The molecule has 1 aliphatic rings. The first-order chi connectivity index (χ1) is 9.61. The van der Waals surface area contributed by atoms with Crippen molar-refractivity contribution in [1.29, 1.82) is 0 Å². The maximum absolute atomic E-state index is 12.7. The molecule has 4 nitrogen and oxygen atoms in total. The average molecular weight is 310 g/mol. The number of H-pyrrole nitrogens is 1. The number of hydrogen-bond acceptors (Lipinski definition) is 4. The summed E-state index contributed by atoms with van der Waals surface area (Å²) in [7, 11) is 0. The maximum Gasteiger partial charge on any atom is 0.263 e. The van der Waals surface area contributed by atoms with Gasteiger partial charge in [0, 0.05) is 11.5 Å². The lowest BCUT2D eigenvalue weighted by molar-refractivity contribution is 0.0629. The molecule has 3 rings (SSSR count). The van der Waals surface area contributed by atoms with Gasteiger partial charge >= 0.3 is 0 Å². The number of aromatic nitrogens is 2. The quantitative estimate of drug-likeness (QED) is 0.883. The number of fused-ring (bicyclic) bond motifs is 3. The molecule has 1 atom stereocenters. The Morgan fingerprint density at radius 2 is 2.30 bits per heavy atom. The summed E-state index contributed by atoms with van der Waals surface area (Å²) in [5.74, 6) is 0. The number of thiophene rings is 1. The van der Waals surface area contributed by atoms with Crippen LogP contribution in [0.15, 0.2) is 4.79 Å². The van der Waals surface area contributed by atoms with E-state index in [1.165, 1.54) is 10.4 Å². The van der Waals surface area contributed by atoms with Crippen LogP contribution < -0.4 is 5.56 Å². The van der Waals surface area contributed by atoms with Crippen molar-refractivity contribution in [3.05, 3.63) is 25.6 Å². The highest BCUT2D eigenvalue weighted by atomic mass is 32.1. The van der Waals surface area contributed by atoms with Gasteiger partial charge in [0.2, 0.25) is 0 Å². The topological polar surface area (TPSA) is 47.0 Å². The number of hydrogen-bond donors (Lipinski definition) is 1. The third-order valence-corrected chi connectivity index (χ3v) is 5.27. The van der Waals surface area contributed by atoms with Gasteiger partial charge in [-0.2, -0.15) is 0 Å². The van der Waals surface area contributed by atoms with Crippen molar-refractivity contribution >= 4 is 33.8 Å². The molecule has 0 saturated carbocycles. The van der Waals surface area contributed by atoms with Crippen molar-refractivity contribution in [3.63, 3.8) is 0 Å². The molecule has 0 fully saturated rings. The minimum Gasteiger partial charge on any atom is -0.377 e. The molecule has 2 aromatic rings. The van der Waals surface area contributed by atoms with E-state index in [2.05, 4.69) is 4.98 Å². The van der Waals surface area contributed by atoms with Crippen LogP contribution in [0.3, 0.4) is 0 Å². The molecule has 0 aliphatic heterocycles. The number of rotatable bonds is 4. The van der Waals surface area contributed by atoms with Gasteiger partial charge in [0.1, 0.15) is 4.83 Å². The Balaban J connectivity index is 2.13. The lowest BCUT2D eigenvalue weighted by atomic mass is 10.2. The van der Waals surface area contributed by atoms with Crippen LogP contribution >= 0.6 is 23.6 Å². The number of nitrogens with zero attached hydrogens (tertiary/aromatic N) is 1. The molecule has 2 heterocycles. The van der Waals surface area contributed by atoms with Gasteiger partial charge in [-0.3, -0.25) is 9.36 Å². The summed E-state index contributed by atoms with van der Waals surface area (Å²) in [4.78, 5) is 18.2. The second-order valence-corrected chi connectivity index (χ2v) is 6.67. The zero-order chi connectivity index (χ0) is 14.3. The molecule has 0 radical (unpaired) electrons. The van der Waals surface area contributed by atoms with Crippen molar-refractivity contribution < 1.29 is 4.74 Å². The minimum atomic E-state index is -0.0167. The van der Waals surface area contributed by atoms with E-state index in [0.717, 1.165) is 29.5 Å². The van der Waals surface area contributed by atoms with E-state index < -0.39 is 0 Å². The summed E-state index contributed by atoms with van der Waals surface area (Å²) in [6.07, 6.45) is 3.24. The lowest BCUT2D eigenvalue weighted by Crippen LogP contribution is -2.28. The predicted molar refractivity (Wildman–Crippen MR) is 84.4 cm³/mol. The number of aromatic amines is 1. The van der Waals surface area contributed by atoms with Gasteiger partial charge in [0.25, 0.3) is 5.56 Å². The summed E-state index contributed by atoms with van der Waals surface area (Å²) in [5, 5.41) is 0.847. The van der Waals surface area contributed by atoms with Crippen LogP contribution in [-0.2, 0) is 24.1 Å². The highest BCUT2D eigenvalue weighted by Gasteiger charge is 2.21. The standard InChI is InChI=1S/C14H18N2O2S2/c1-3-18-8(2)7-16-13(17)11-9-5-4-6-10(9)20-12(11)15-14(16)19/h8H,3-7H2,1-2H3,(H,15,19). The SMILES string of the molecule is CCOC(C)Cn1c(=S)[nH]c2sc3c(c2c1=O)CCC3. The van der Waals surface area contributed by atoms with Gasteiger partial charge in [-0.1, -0.05) is 0 Å². The summed E-state index contributed by atoms with van der Waals surface area (Å²) in [6.45, 7) is 5.06. The number of nitrogens with one attached hydrogen (secondary N) is 1. The van der Waals surface area contributed by atoms with Crippen molar-refractivity contribution in [3.8, 4) is 0 Å². The molecule has 1 aliphatic carbocycles. The van der Waals surface area contributed by atoms with Gasteiger partial charge in [-0.25, -0.2) is 0 Å². The fraction of sp³-hybridized carbons (Fsp3) is 0.571. The second-order valence-electron chi connectivity index (χ2n) is 5.17. The van der Waals surface area contributed by atoms with Gasteiger partial charge in [0.05, 0.1) is 18.0 Å². The molecule has 0 spiro atoms. The van der Waals surface area contributed by atoms with Crippen molar-refractivity contribution in [2.24, 2.45) is 0 Å². The van der Waals surface area contributed by atoms with Crippen LogP contribution in [0.4, 0.5) is 0 Å². The molecule has 0 amide bonds. The van der Waals surface area contributed by atoms with Gasteiger partial charge in [-0.05, 0) is 50.9 Å². The van der Waals surface area contributed by atoms with Gasteiger partial charge in [-0.15, -0.1) is 11.3 Å². The van der Waals surface area contributed by atoms with Crippen LogP contribution in [0.1, 0.15) is 30.7 Å². The largest absolute Gasteiger partial charge is 0.377 e. The Morgan fingerprint density at radius 3 is 3.05 bits per heavy atom. The van der Waals surface area contributed by atoms with Crippen molar-refractivity contribution in [1.82, 2.24) is 9.55 Å². The monoisotopic (exact) mass is 310 g/mol. The van der Waals surface area contributed by atoms with Crippen LogP contribution in [-0.4, -0.2) is 22.3 Å². The minimum absolute atomic E-state index is 0.0167. The molecule has 0 saturated heterocycles. The molecule has 2 aromatic heterocycles. The first-order valence-corrected chi connectivity index (χ1v) is 8.23. The number of ether oxygens (including phenoxy) is 1. The van der Waals surface area contributed by atoms with Crippen LogP contribution in [0, 0.1) is 4.77 Å². The van der Waals surface area contributed by atoms with Crippen LogP contribution in [0.2, 0.25) is 0 Å². The second kappa shape index (κ2) is 5.42. The fourth-order valence-corrected chi connectivity index (χ4v) is 4.48. The van der Waals surface area contributed by atoms with Gasteiger partial charge < -0.3 is 9.72 Å². The highest BCUT2D eigenvalue weighted by Crippen LogP contribution is 2.34. The molecular weight excluding hydrogens is 292 g/mol. The van der Waals surface area contributed by atoms with E-state index in [0.29, 0.717) is 17.9 Å². The smallest absolute Gasteiger partial charge is 0.263 e. The summed E-state index contributed by atoms with van der Waals surface area (Å²) < 4.78 is 7.66. The maximum atomic E-state index is 12.7. The Bertz CT molecular complexity index is 757. The summed E-state index contributed by atoms with van der Waals surface area (Å²) >= 11 is 7.02. The van der Waals surface area contributed by atoms with E-state index in [1.54, 1.807) is 15.9 Å². The molecule has 1 N–H and O–H groups in total. The summed E-state index contributed by atoms with van der Waals surface area (Å²) in [5.41, 5.74) is 1.27. The Labute approximate surface area is 126 Å². The van der Waals surface area contributed by atoms with Crippen molar-refractivity contribution in [2.75, 3.05) is 6.61 Å². The van der Waals surface area contributed by atoms with Crippen LogP contribution in [0.25, 0.3) is 10.2 Å². The van der Waals surface area contributed by atoms with E-state index in [4.69, 9.17) is 17.0 Å². The zero-order valence-corrected chi connectivity index (χ0v) is 13.3. The molecular formula is C14H18N2O2S2.